The third kappa shape index (κ3) is 3.60. The molecule has 0 spiro atoms. The fraction of sp³-hybridized carbons (Fsp3) is 0.600. The third-order valence-corrected chi connectivity index (χ3v) is 3.21. The minimum atomic E-state index is 0.537. The van der Waals surface area contributed by atoms with Gasteiger partial charge in [-0.1, -0.05) is 62.0 Å². The number of hydrogen-bond donors (Lipinski definition) is 0. The molecule has 0 aliphatic rings. The van der Waals surface area contributed by atoms with E-state index in [1.165, 1.54) is 22.2 Å². The van der Waals surface area contributed by atoms with Gasteiger partial charge in [-0.2, -0.15) is 0 Å². The molecule has 0 atom stereocenters. The Kier molecular flexibility index (Phi) is 4.82. The molecular formula is C15H25BN. The quantitative estimate of drug-likeness (QED) is 0.719. The maximum atomic E-state index is 2.42. The van der Waals surface area contributed by atoms with Gasteiger partial charge in [0, 0.05) is 0 Å². The van der Waals surface area contributed by atoms with Crippen LogP contribution in [0.5, 0.6) is 0 Å². The molecule has 0 bridgehead atoms. The highest BCUT2D eigenvalue weighted by Crippen LogP contribution is 2.08. The topological polar surface area (TPSA) is 3.24 Å². The highest BCUT2D eigenvalue weighted by molar-refractivity contribution is 6.52. The van der Waals surface area contributed by atoms with Crippen LogP contribution in [0, 0.1) is 20.8 Å². The first-order valence-electron chi connectivity index (χ1n) is 6.53. The van der Waals surface area contributed by atoms with Crippen LogP contribution in [0.2, 0.25) is 0 Å². The Morgan fingerprint density at radius 3 is 1.65 bits per heavy atom. The number of rotatable bonds is 4. The highest BCUT2D eigenvalue weighted by Gasteiger charge is 2.17. The van der Waals surface area contributed by atoms with Gasteiger partial charge in [0.2, 0.25) is 7.41 Å². The van der Waals surface area contributed by atoms with Crippen molar-refractivity contribution in [2.45, 2.75) is 60.5 Å². The van der Waals surface area contributed by atoms with Gasteiger partial charge >= 0.3 is 0 Å². The third-order valence-electron chi connectivity index (χ3n) is 3.21. The first-order chi connectivity index (χ1) is 7.82. The van der Waals surface area contributed by atoms with E-state index in [2.05, 4.69) is 72.8 Å². The van der Waals surface area contributed by atoms with Gasteiger partial charge in [0.25, 0.3) is 0 Å². The number of nitrogens with zero attached hydrogens (tertiary/aromatic N) is 1. The van der Waals surface area contributed by atoms with Gasteiger partial charge in [-0.25, -0.2) is 0 Å². The molecule has 1 aromatic carbocycles. The fourth-order valence-corrected chi connectivity index (χ4v) is 2.44. The standard InChI is InChI=1S/C15H25BN/c1-10(2)17(11(3)4)16-15-13(6)8-12(5)9-14(15)7/h8-11H,1-7H3. The van der Waals surface area contributed by atoms with E-state index in [1.807, 2.05) is 0 Å². The molecule has 0 amide bonds. The van der Waals surface area contributed by atoms with E-state index in [0.717, 1.165) is 0 Å². The minimum absolute atomic E-state index is 0.537. The molecule has 17 heavy (non-hydrogen) atoms. The summed E-state index contributed by atoms with van der Waals surface area (Å²) in [6.45, 7) is 15.5. The van der Waals surface area contributed by atoms with E-state index in [4.69, 9.17) is 0 Å². The number of hydrogen-bond acceptors (Lipinski definition) is 1. The van der Waals surface area contributed by atoms with E-state index in [0.29, 0.717) is 12.1 Å². The normalized spacial score (nSPS) is 11.6. The summed E-state index contributed by atoms with van der Waals surface area (Å²) in [6, 6.07) is 5.60. The van der Waals surface area contributed by atoms with E-state index < -0.39 is 0 Å². The molecule has 2 heteroatoms. The van der Waals surface area contributed by atoms with Gasteiger partial charge in [-0.15, -0.1) is 0 Å². The van der Waals surface area contributed by atoms with Crippen LogP contribution in [0.1, 0.15) is 44.4 Å². The Hall–Kier alpha value is -0.755. The summed E-state index contributed by atoms with van der Waals surface area (Å²) in [5.41, 5.74) is 5.46. The number of benzene rings is 1. The molecule has 1 nitrogen and oxygen atoms in total. The Bertz CT molecular complexity index is 352. The monoisotopic (exact) mass is 230 g/mol. The van der Waals surface area contributed by atoms with Gasteiger partial charge in [0.15, 0.2) is 0 Å². The summed E-state index contributed by atoms with van der Waals surface area (Å²) in [6.07, 6.45) is 0. The van der Waals surface area contributed by atoms with Crippen LogP contribution in [-0.4, -0.2) is 24.3 Å². The zero-order valence-electron chi connectivity index (χ0n) is 12.3. The van der Waals surface area contributed by atoms with Crippen LogP contribution in [0.4, 0.5) is 0 Å². The molecule has 0 aromatic heterocycles. The molecule has 0 N–H and O–H groups in total. The van der Waals surface area contributed by atoms with Crippen molar-refractivity contribution in [3.8, 4) is 0 Å². The van der Waals surface area contributed by atoms with Crippen molar-refractivity contribution in [3.63, 3.8) is 0 Å². The van der Waals surface area contributed by atoms with Crippen LogP contribution in [0.25, 0.3) is 0 Å². The zero-order valence-corrected chi connectivity index (χ0v) is 12.3. The van der Waals surface area contributed by atoms with Crippen LogP contribution in [0.3, 0.4) is 0 Å². The van der Waals surface area contributed by atoms with Gasteiger partial charge in [0.05, 0.1) is 0 Å². The largest absolute Gasteiger partial charge is 0.338 e. The lowest BCUT2D eigenvalue weighted by molar-refractivity contribution is 0.315. The SMILES string of the molecule is Cc1cc(C)c([B]N(C(C)C)C(C)C)c(C)c1. The first-order valence-corrected chi connectivity index (χ1v) is 6.53. The summed E-state index contributed by atoms with van der Waals surface area (Å²) >= 11 is 0. The molecule has 93 valence electrons. The van der Waals surface area contributed by atoms with Crippen LogP contribution < -0.4 is 5.46 Å². The van der Waals surface area contributed by atoms with Gasteiger partial charge in [-0.3, -0.25) is 0 Å². The molecule has 1 radical (unpaired) electrons. The molecule has 0 saturated carbocycles. The second kappa shape index (κ2) is 5.73. The summed E-state index contributed by atoms with van der Waals surface area (Å²) < 4.78 is 0. The Morgan fingerprint density at radius 1 is 0.882 bits per heavy atom. The summed E-state index contributed by atoms with van der Waals surface area (Å²) in [5, 5.41) is 0. The molecule has 1 rings (SSSR count). The summed E-state index contributed by atoms with van der Waals surface area (Å²) in [5.74, 6) is 0. The average molecular weight is 230 g/mol. The molecule has 0 heterocycles. The van der Waals surface area contributed by atoms with Crippen molar-refractivity contribution in [1.29, 1.82) is 0 Å². The maximum absolute atomic E-state index is 2.42. The Balaban J connectivity index is 3.01. The minimum Gasteiger partial charge on any atom is -0.338 e. The molecular weight excluding hydrogens is 205 g/mol. The average Bonchev–Trinajstić information content (AvgIpc) is 2.14. The van der Waals surface area contributed by atoms with E-state index in [1.54, 1.807) is 0 Å². The van der Waals surface area contributed by atoms with Crippen LogP contribution >= 0.6 is 0 Å². The van der Waals surface area contributed by atoms with E-state index >= 15 is 0 Å². The van der Waals surface area contributed by atoms with Crippen LogP contribution in [0.15, 0.2) is 12.1 Å². The van der Waals surface area contributed by atoms with Gasteiger partial charge in [0.1, 0.15) is 0 Å². The lowest BCUT2D eigenvalue weighted by atomic mass is 9.72. The zero-order chi connectivity index (χ0) is 13.2. The molecule has 0 unspecified atom stereocenters. The lowest BCUT2D eigenvalue weighted by Gasteiger charge is -2.31. The van der Waals surface area contributed by atoms with Gasteiger partial charge in [-0.05, 0) is 32.9 Å². The lowest BCUT2D eigenvalue weighted by Crippen LogP contribution is -2.46. The van der Waals surface area contributed by atoms with Crippen molar-refractivity contribution < 1.29 is 0 Å². The molecule has 0 aliphatic carbocycles. The first kappa shape index (κ1) is 14.3. The van der Waals surface area contributed by atoms with Gasteiger partial charge < -0.3 is 4.81 Å². The Labute approximate surface area is 107 Å². The molecule has 0 fully saturated rings. The smallest absolute Gasteiger partial charge is 0.248 e. The summed E-state index contributed by atoms with van der Waals surface area (Å²) in [7, 11) is 2.32. The molecule has 0 saturated heterocycles. The second-order valence-electron chi connectivity index (χ2n) is 5.58. The van der Waals surface area contributed by atoms with E-state index in [-0.39, 0.29) is 0 Å². The molecule has 0 aliphatic heterocycles. The fourth-order valence-electron chi connectivity index (χ4n) is 2.44. The van der Waals surface area contributed by atoms with E-state index in [9.17, 15) is 0 Å². The highest BCUT2D eigenvalue weighted by atomic mass is 15.1. The van der Waals surface area contributed by atoms with Crippen molar-refractivity contribution in [3.05, 3.63) is 28.8 Å². The van der Waals surface area contributed by atoms with Crippen molar-refractivity contribution in [1.82, 2.24) is 4.81 Å². The van der Waals surface area contributed by atoms with Crippen molar-refractivity contribution in [2.75, 3.05) is 0 Å². The second-order valence-corrected chi connectivity index (χ2v) is 5.58. The number of aryl methyl sites for hydroxylation is 3. The van der Waals surface area contributed by atoms with Crippen molar-refractivity contribution >= 4 is 12.9 Å². The predicted molar refractivity (Wildman–Crippen MR) is 78.2 cm³/mol. The predicted octanol–water partition coefficient (Wildman–Crippen LogP) is 2.98. The summed E-state index contributed by atoms with van der Waals surface area (Å²) in [4.78, 5) is 2.42. The van der Waals surface area contributed by atoms with Crippen molar-refractivity contribution in [2.24, 2.45) is 0 Å². The Morgan fingerprint density at radius 2 is 1.29 bits per heavy atom. The molecule has 1 aromatic rings. The maximum Gasteiger partial charge on any atom is 0.248 e. The van der Waals surface area contributed by atoms with Crippen LogP contribution in [-0.2, 0) is 0 Å².